The van der Waals surface area contributed by atoms with Gasteiger partial charge in [-0.2, -0.15) is 0 Å². The molecule has 1 aliphatic heterocycles. The molecule has 0 amide bonds. The van der Waals surface area contributed by atoms with E-state index in [2.05, 4.69) is 0 Å². The molecule has 4 aliphatic rings. The summed E-state index contributed by atoms with van der Waals surface area (Å²) < 4.78 is 184. The Morgan fingerprint density at radius 2 is 0.570 bits per heavy atom. The minimum Gasteiger partial charge on any atom is -0.438 e. The van der Waals surface area contributed by atoms with Crippen molar-refractivity contribution in [2.45, 2.75) is 189 Å². The molecule has 10 atom stereocenters. The summed E-state index contributed by atoms with van der Waals surface area (Å²) in [6, 6.07) is 0. The highest BCUT2D eigenvalue weighted by Crippen LogP contribution is 2.70. The van der Waals surface area contributed by atoms with Crippen LogP contribution in [-0.2, 0) is 158 Å². The van der Waals surface area contributed by atoms with Gasteiger partial charge in [0.05, 0.1) is 12.2 Å². The second kappa shape index (κ2) is 34.4. The van der Waals surface area contributed by atoms with Gasteiger partial charge < -0.3 is 47.4 Å². The van der Waals surface area contributed by atoms with E-state index in [4.69, 9.17) is 102 Å². The lowest BCUT2D eigenvalue weighted by Gasteiger charge is -2.55. The number of carbonyl (C=O) groups excluding carboxylic acids is 8. The maximum atomic E-state index is 15.4. The summed E-state index contributed by atoms with van der Waals surface area (Å²) in [4.78, 5) is 99.6. The molecule has 0 spiro atoms. The molecule has 86 heavy (non-hydrogen) atoms. The molecule has 0 N–H and O–H groups in total. The molecule has 4 fully saturated rings. The van der Waals surface area contributed by atoms with E-state index in [0.29, 0.717) is 12.8 Å². The predicted octanol–water partition coefficient (Wildman–Crippen LogP) is 7.37. The number of esters is 8. The van der Waals surface area contributed by atoms with Crippen molar-refractivity contribution in [2.75, 3.05) is 54.3 Å². The van der Waals surface area contributed by atoms with Crippen LogP contribution in [0, 0.1) is 16.7 Å². The number of carbonyl (C=O) groups is 8. The van der Waals surface area contributed by atoms with Gasteiger partial charge in [-0.1, -0.05) is 76.2 Å². The molecular formula is C48H78O34P4. The van der Waals surface area contributed by atoms with Gasteiger partial charge in [-0.15, -0.1) is 0 Å². The van der Waals surface area contributed by atoms with Gasteiger partial charge in [-0.3, -0.25) is 56.5 Å². The van der Waals surface area contributed by atoms with E-state index in [-0.39, 0.29) is 51.4 Å². The summed E-state index contributed by atoms with van der Waals surface area (Å²) in [5.41, 5.74) is -1.50. The Balaban J connectivity index is 2.19. The Labute approximate surface area is 496 Å². The Bertz CT molecular complexity index is 2410. The van der Waals surface area contributed by atoms with Crippen LogP contribution in [0.15, 0.2) is 0 Å². The van der Waals surface area contributed by atoms with Gasteiger partial charge in [0, 0.05) is 56.8 Å². The van der Waals surface area contributed by atoms with Crippen molar-refractivity contribution in [1.82, 2.24) is 0 Å². The molecule has 3 saturated carbocycles. The highest BCUT2D eigenvalue weighted by atomic mass is 31.2. The largest absolute Gasteiger partial charge is 0.481 e. The molecule has 1 saturated heterocycles. The van der Waals surface area contributed by atoms with Gasteiger partial charge in [-0.05, 0) is 24.2 Å². The Morgan fingerprint density at radius 3 is 0.802 bits per heavy atom. The lowest BCUT2D eigenvalue weighted by Crippen LogP contribution is -2.71. The Hall–Kier alpha value is -3.88. The number of fused-ring (bicyclic) bond motifs is 6. The first-order chi connectivity index (χ1) is 40.6. The molecule has 34 nitrogen and oxygen atoms in total. The summed E-state index contributed by atoms with van der Waals surface area (Å²) in [5, 5.41) is 0. The average molecular weight is 1320 g/mol. The molecular weight excluding hydrogens is 1240 g/mol. The van der Waals surface area contributed by atoms with Crippen LogP contribution in [0.3, 0.4) is 0 Å². The molecule has 4 rings (SSSR count). The van der Waals surface area contributed by atoms with Crippen LogP contribution < -0.4 is 0 Å². The first kappa shape index (κ1) is 74.6. The Morgan fingerprint density at radius 1 is 0.349 bits per heavy atom. The molecule has 0 radical (unpaired) electrons. The lowest BCUT2D eigenvalue weighted by atomic mass is 9.69. The zero-order valence-corrected chi connectivity index (χ0v) is 53.2. The summed E-state index contributed by atoms with van der Waals surface area (Å²) >= 11 is 0. The van der Waals surface area contributed by atoms with Gasteiger partial charge >= 0.3 is 79.0 Å². The van der Waals surface area contributed by atoms with Gasteiger partial charge in [0.25, 0.3) is 0 Å². The quantitative estimate of drug-likeness (QED) is 0.0250. The minimum atomic E-state index is -5.77. The monoisotopic (exact) mass is 1320 g/mol. The molecule has 1 heterocycles. The third-order valence-corrected chi connectivity index (χ3v) is 19.4. The van der Waals surface area contributed by atoms with Gasteiger partial charge in [-0.25, -0.2) is 54.5 Å². The number of rotatable bonds is 40. The zero-order valence-electron chi connectivity index (χ0n) is 49.6. The molecule has 38 heteroatoms. The fourth-order valence-electron chi connectivity index (χ4n) is 8.93. The maximum absolute atomic E-state index is 15.4. The average Bonchev–Trinajstić information content (AvgIpc) is 1.50. The fraction of sp³-hybridized carbons (Fsp3) is 0.833. The number of phosphoric ester groups is 4. The molecule has 4 unspecified atom stereocenters. The van der Waals surface area contributed by atoms with E-state index in [1.807, 2.05) is 20.8 Å². The normalized spacial score (nSPS) is 25.0. The molecule has 0 aromatic heterocycles. The maximum Gasteiger partial charge on any atom is 0.481 e. The van der Waals surface area contributed by atoms with Crippen LogP contribution in [0.1, 0.15) is 140 Å². The van der Waals surface area contributed by atoms with Crippen LogP contribution in [0.5, 0.6) is 0 Å². The number of phosphoric acid groups is 4. The van der Waals surface area contributed by atoms with E-state index in [9.17, 15) is 38.4 Å². The minimum absolute atomic E-state index is 0.244. The van der Waals surface area contributed by atoms with Crippen LogP contribution in [0.25, 0.3) is 0 Å². The van der Waals surface area contributed by atoms with Crippen molar-refractivity contribution in [3.05, 3.63) is 0 Å². The molecule has 0 aromatic rings. The van der Waals surface area contributed by atoms with Crippen molar-refractivity contribution in [1.29, 1.82) is 0 Å². The SMILES string of the molecule is CCC(=O)OCOP(=O)(OCOC(=O)CC)O[C@H]1[C@H](OP(=O)(OCOC(=O)CC)OCOC(=O)CC)[C@@H](OP(=O)(OCOC(=O)CC)OCOC(=O)CC)[C@H]2OC3C(O[C@H]2[C@@H]1OP(=O)(OCOC(=O)CC)OCOC(=O)CC)C1CCC3(C)C1(C)C. The van der Waals surface area contributed by atoms with Crippen LogP contribution in [0.2, 0.25) is 0 Å². The summed E-state index contributed by atoms with van der Waals surface area (Å²) in [7, 11) is -22.8. The van der Waals surface area contributed by atoms with Crippen molar-refractivity contribution in [3.63, 3.8) is 0 Å². The Kier molecular flexibility index (Phi) is 29.8. The van der Waals surface area contributed by atoms with Crippen molar-refractivity contribution < 1.29 is 158 Å². The number of hydrogen-bond acceptors (Lipinski definition) is 34. The van der Waals surface area contributed by atoms with Crippen LogP contribution in [0.4, 0.5) is 0 Å². The van der Waals surface area contributed by atoms with Crippen molar-refractivity contribution in [3.8, 4) is 0 Å². The topological polar surface area (TPSA) is 408 Å². The van der Waals surface area contributed by atoms with Gasteiger partial charge in [0.2, 0.25) is 54.3 Å². The van der Waals surface area contributed by atoms with E-state index in [0.717, 1.165) is 0 Å². The predicted molar refractivity (Wildman–Crippen MR) is 281 cm³/mol. The summed E-state index contributed by atoms with van der Waals surface area (Å²) in [6.07, 6.45) is -17.6. The first-order valence-electron chi connectivity index (χ1n) is 27.4. The van der Waals surface area contributed by atoms with Crippen LogP contribution >= 0.6 is 31.3 Å². The zero-order chi connectivity index (χ0) is 64.1. The fourth-order valence-corrected chi connectivity index (χ4v) is 13.3. The lowest BCUT2D eigenvalue weighted by molar-refractivity contribution is -0.316. The first-order valence-corrected chi connectivity index (χ1v) is 33.3. The third-order valence-electron chi connectivity index (χ3n) is 14.0. The van der Waals surface area contributed by atoms with Gasteiger partial charge in [0.1, 0.15) is 36.6 Å². The standard InChI is InChI=1S/C48H78O34P4/c1-12-31(49)61-22-69-83(57,70-23-62-32(50)13-2)79-42-40-41(78-46-39(77-40)30-20-21-48(46,11)47(30,9)10)43(80-84(58,71-24-63-33(51)14-3)72-25-64-34(52)15-4)45(82-86(60,75-28-67-37(55)18-7)76-29-68-38(56)19-8)44(42)81-85(59,73-26-65-35(53)16-5)74-27-66-36(54)17-6/h30,39-46H,12-29H2,1-11H3/t30?,39?,40-,41+,42+,43+,44-,45-,46?,48?/m1/s1. The van der Waals surface area contributed by atoms with Gasteiger partial charge in [0.15, 0.2) is 0 Å². The smallest absolute Gasteiger partial charge is 0.438 e. The second-order valence-corrected chi connectivity index (χ2v) is 25.9. The highest BCUT2D eigenvalue weighted by molar-refractivity contribution is 7.49. The summed E-state index contributed by atoms with van der Waals surface area (Å²) in [5.74, 6) is -7.88. The molecule has 0 aromatic carbocycles. The third kappa shape index (κ3) is 20.8. The highest BCUT2D eigenvalue weighted by Gasteiger charge is 2.73. The van der Waals surface area contributed by atoms with Crippen molar-refractivity contribution >= 4 is 79.0 Å². The number of ether oxygens (including phenoxy) is 10. The molecule has 3 aliphatic carbocycles. The second-order valence-electron chi connectivity index (χ2n) is 19.4. The molecule has 2 bridgehead atoms. The number of hydrogen-bond donors (Lipinski definition) is 0. The van der Waals surface area contributed by atoms with Crippen molar-refractivity contribution in [2.24, 2.45) is 16.7 Å². The van der Waals surface area contributed by atoms with E-state index in [1.165, 1.54) is 55.4 Å². The van der Waals surface area contributed by atoms with E-state index >= 15 is 18.3 Å². The van der Waals surface area contributed by atoms with E-state index < -0.39 is 199 Å². The molecule has 494 valence electrons. The summed E-state index contributed by atoms with van der Waals surface area (Å²) in [6.45, 7) is 6.77. The van der Waals surface area contributed by atoms with Crippen LogP contribution in [-0.4, -0.2) is 151 Å². The van der Waals surface area contributed by atoms with E-state index in [1.54, 1.807) is 0 Å².